The average molecular weight is 383 g/mol. The zero-order valence-electron chi connectivity index (χ0n) is 16.2. The first-order valence-electron chi connectivity index (χ1n) is 9.81. The van der Waals surface area contributed by atoms with Crippen molar-refractivity contribution in [1.82, 2.24) is 24.5 Å². The molecule has 144 valence electrons. The number of fused-ring (bicyclic) bond motifs is 1. The Morgan fingerprint density at radius 3 is 2.69 bits per heavy atom. The van der Waals surface area contributed by atoms with Gasteiger partial charge in [-0.2, -0.15) is 5.10 Å². The lowest BCUT2D eigenvalue weighted by Gasteiger charge is -2.17. The molecule has 0 aliphatic carbocycles. The normalized spacial score (nSPS) is 16.4. The number of hydrogen-bond acceptors (Lipinski definition) is 4. The fourth-order valence-corrected chi connectivity index (χ4v) is 3.93. The van der Waals surface area contributed by atoms with Gasteiger partial charge in [-0.05, 0) is 54.8 Å². The topological polar surface area (TPSA) is 63.4 Å². The summed E-state index contributed by atoms with van der Waals surface area (Å²) in [5.41, 5.74) is 4.77. The summed E-state index contributed by atoms with van der Waals surface area (Å²) in [4.78, 5) is 23.6. The summed E-state index contributed by atoms with van der Waals surface area (Å²) in [6.45, 7) is 3.36. The van der Waals surface area contributed by atoms with Gasteiger partial charge in [-0.1, -0.05) is 18.2 Å². The quantitative estimate of drug-likeness (QED) is 0.541. The lowest BCUT2D eigenvalue weighted by atomic mass is 10.1. The van der Waals surface area contributed by atoms with Crippen molar-refractivity contribution in [2.24, 2.45) is 0 Å². The van der Waals surface area contributed by atoms with Crippen LogP contribution in [-0.4, -0.2) is 43.5 Å². The van der Waals surface area contributed by atoms with Crippen molar-refractivity contribution >= 4 is 11.6 Å². The van der Waals surface area contributed by atoms with E-state index in [4.69, 9.17) is 10.1 Å². The predicted octanol–water partition coefficient (Wildman–Crippen LogP) is 3.73. The molecule has 1 amide bonds. The highest BCUT2D eigenvalue weighted by atomic mass is 16.2. The number of aryl methyl sites for hydroxylation is 1. The van der Waals surface area contributed by atoms with Gasteiger partial charge in [0.05, 0.1) is 0 Å². The van der Waals surface area contributed by atoms with Crippen LogP contribution in [0.2, 0.25) is 0 Å². The Kier molecular flexibility index (Phi) is 4.31. The summed E-state index contributed by atoms with van der Waals surface area (Å²) in [5, 5.41) is 4.72. The molecule has 1 aliphatic heterocycles. The van der Waals surface area contributed by atoms with Crippen molar-refractivity contribution in [2.45, 2.75) is 19.3 Å². The minimum absolute atomic E-state index is 0.0920. The second kappa shape index (κ2) is 7.13. The number of carbonyl (C=O) groups excluding carboxylic acids is 1. The molecule has 0 spiro atoms. The number of carbonyl (C=O) groups is 1. The Bertz CT molecular complexity index is 1180. The van der Waals surface area contributed by atoms with Crippen LogP contribution in [0.4, 0.5) is 0 Å². The maximum Gasteiger partial charge on any atom is 0.254 e. The van der Waals surface area contributed by atoms with Gasteiger partial charge in [0.15, 0.2) is 11.5 Å². The van der Waals surface area contributed by atoms with Crippen molar-refractivity contribution in [2.75, 3.05) is 13.1 Å². The molecule has 1 saturated heterocycles. The first-order chi connectivity index (χ1) is 14.2. The van der Waals surface area contributed by atoms with Gasteiger partial charge in [-0.3, -0.25) is 9.78 Å². The number of nitrogens with zero attached hydrogens (tertiary/aromatic N) is 5. The number of pyridine rings is 2. The number of amides is 1. The van der Waals surface area contributed by atoms with E-state index in [2.05, 4.69) is 4.98 Å². The largest absolute Gasteiger partial charge is 0.338 e. The predicted molar refractivity (Wildman–Crippen MR) is 111 cm³/mol. The minimum atomic E-state index is 0.0920. The Hall–Kier alpha value is -3.54. The molecule has 4 aromatic rings. The van der Waals surface area contributed by atoms with Crippen LogP contribution in [0.25, 0.3) is 16.8 Å². The zero-order valence-corrected chi connectivity index (χ0v) is 16.2. The fourth-order valence-electron chi connectivity index (χ4n) is 3.93. The molecule has 0 unspecified atom stereocenters. The van der Waals surface area contributed by atoms with Crippen LogP contribution >= 0.6 is 0 Å². The molecule has 1 aromatic carbocycles. The molecule has 0 saturated carbocycles. The lowest BCUT2D eigenvalue weighted by molar-refractivity contribution is 0.0790. The number of likely N-dealkylation sites (tertiary alicyclic amines) is 1. The van der Waals surface area contributed by atoms with Crippen molar-refractivity contribution in [3.05, 3.63) is 84.1 Å². The van der Waals surface area contributed by atoms with Crippen LogP contribution in [0, 0.1) is 6.92 Å². The summed E-state index contributed by atoms with van der Waals surface area (Å²) >= 11 is 0. The van der Waals surface area contributed by atoms with E-state index in [0.29, 0.717) is 6.54 Å². The Balaban J connectivity index is 1.38. The molecule has 1 aliphatic rings. The van der Waals surface area contributed by atoms with E-state index in [0.717, 1.165) is 46.7 Å². The molecule has 0 bridgehead atoms. The van der Waals surface area contributed by atoms with E-state index in [9.17, 15) is 4.79 Å². The van der Waals surface area contributed by atoms with Crippen molar-refractivity contribution in [3.8, 4) is 11.1 Å². The van der Waals surface area contributed by atoms with Gasteiger partial charge in [-0.25, -0.2) is 9.50 Å². The Morgan fingerprint density at radius 1 is 1.03 bits per heavy atom. The Morgan fingerprint density at radius 2 is 1.86 bits per heavy atom. The van der Waals surface area contributed by atoms with Crippen molar-refractivity contribution in [1.29, 1.82) is 0 Å². The SMILES string of the molecule is Cc1ccccc1C(=O)N1CC[C@H](c2nc3ccc(-c4ccncc4)cn3n2)C1. The van der Waals surface area contributed by atoms with Gasteiger partial charge in [0.1, 0.15) is 0 Å². The molecule has 0 radical (unpaired) electrons. The minimum Gasteiger partial charge on any atom is -0.338 e. The molecule has 6 nitrogen and oxygen atoms in total. The number of hydrogen-bond donors (Lipinski definition) is 0. The van der Waals surface area contributed by atoms with Gasteiger partial charge in [0.2, 0.25) is 0 Å². The van der Waals surface area contributed by atoms with E-state index in [-0.39, 0.29) is 11.8 Å². The summed E-state index contributed by atoms with van der Waals surface area (Å²) < 4.78 is 1.83. The molecule has 5 rings (SSSR count). The maximum atomic E-state index is 12.9. The van der Waals surface area contributed by atoms with E-state index in [1.165, 1.54) is 0 Å². The average Bonchev–Trinajstić information content (AvgIpc) is 3.41. The third kappa shape index (κ3) is 3.27. The van der Waals surface area contributed by atoms with Crippen LogP contribution in [0.15, 0.2) is 67.1 Å². The van der Waals surface area contributed by atoms with E-state index in [1.54, 1.807) is 12.4 Å². The van der Waals surface area contributed by atoms with Crippen molar-refractivity contribution < 1.29 is 4.79 Å². The highest BCUT2D eigenvalue weighted by Crippen LogP contribution is 2.27. The standard InChI is InChI=1S/C23H21N5O/c1-16-4-2-3-5-20(16)23(29)27-13-10-19(14-27)22-25-21-7-6-18(15-28(21)26-22)17-8-11-24-12-9-17/h2-9,11-12,15,19H,10,13-14H2,1H3/t19-/m0/s1. The fraction of sp³-hybridized carbons (Fsp3) is 0.217. The number of aromatic nitrogens is 4. The van der Waals surface area contributed by atoms with Gasteiger partial charge >= 0.3 is 0 Å². The third-order valence-corrected chi connectivity index (χ3v) is 5.58. The Labute approximate surface area is 168 Å². The van der Waals surface area contributed by atoms with E-state index < -0.39 is 0 Å². The molecule has 6 heteroatoms. The molecule has 3 aromatic heterocycles. The van der Waals surface area contributed by atoms with Crippen molar-refractivity contribution in [3.63, 3.8) is 0 Å². The zero-order chi connectivity index (χ0) is 19.8. The second-order valence-corrected chi connectivity index (χ2v) is 7.48. The first-order valence-corrected chi connectivity index (χ1v) is 9.81. The van der Waals surface area contributed by atoms with Gasteiger partial charge in [0.25, 0.3) is 5.91 Å². The molecule has 1 fully saturated rings. The van der Waals surface area contributed by atoms with E-state index >= 15 is 0 Å². The highest BCUT2D eigenvalue weighted by Gasteiger charge is 2.31. The summed E-state index contributed by atoms with van der Waals surface area (Å²) in [6, 6.07) is 15.7. The van der Waals surface area contributed by atoms with Crippen LogP contribution in [-0.2, 0) is 0 Å². The second-order valence-electron chi connectivity index (χ2n) is 7.48. The third-order valence-electron chi connectivity index (χ3n) is 5.58. The smallest absolute Gasteiger partial charge is 0.254 e. The molecule has 0 N–H and O–H groups in total. The molecule has 4 heterocycles. The van der Waals surface area contributed by atoms with Gasteiger partial charge in [0, 0.05) is 48.7 Å². The first kappa shape index (κ1) is 17.6. The summed E-state index contributed by atoms with van der Waals surface area (Å²) in [5.74, 6) is 1.05. The molecular weight excluding hydrogens is 362 g/mol. The molecule has 29 heavy (non-hydrogen) atoms. The number of rotatable bonds is 3. The number of benzene rings is 1. The highest BCUT2D eigenvalue weighted by molar-refractivity contribution is 5.95. The van der Waals surface area contributed by atoms with Gasteiger partial charge < -0.3 is 4.90 Å². The summed E-state index contributed by atoms with van der Waals surface area (Å²) in [7, 11) is 0. The van der Waals surface area contributed by atoms with Crippen LogP contribution in [0.5, 0.6) is 0 Å². The van der Waals surface area contributed by atoms with Crippen LogP contribution in [0.1, 0.15) is 34.1 Å². The van der Waals surface area contributed by atoms with Crippen LogP contribution in [0.3, 0.4) is 0 Å². The maximum absolute atomic E-state index is 12.9. The monoisotopic (exact) mass is 383 g/mol. The van der Waals surface area contributed by atoms with Gasteiger partial charge in [-0.15, -0.1) is 0 Å². The lowest BCUT2D eigenvalue weighted by Crippen LogP contribution is -2.29. The summed E-state index contributed by atoms with van der Waals surface area (Å²) in [6.07, 6.45) is 6.44. The molecule has 1 atom stereocenters. The van der Waals surface area contributed by atoms with E-state index in [1.807, 2.05) is 71.1 Å². The van der Waals surface area contributed by atoms with Crippen LogP contribution < -0.4 is 0 Å². The molecular formula is C23H21N5O.